The second-order valence-electron chi connectivity index (χ2n) is 5.36. The maximum absolute atomic E-state index is 12.2. The molecule has 1 aliphatic rings. The van der Waals surface area contributed by atoms with Gasteiger partial charge in [0.25, 0.3) is 11.6 Å². The predicted molar refractivity (Wildman–Crippen MR) is 83.0 cm³/mol. The quantitative estimate of drug-likeness (QED) is 0.661. The van der Waals surface area contributed by atoms with Gasteiger partial charge < -0.3 is 10.6 Å². The molecule has 1 saturated heterocycles. The molecule has 1 heterocycles. The summed E-state index contributed by atoms with van der Waals surface area (Å²) < 4.78 is 0. The van der Waals surface area contributed by atoms with Crippen LogP contribution >= 0.6 is 12.4 Å². The fourth-order valence-corrected chi connectivity index (χ4v) is 2.48. The second-order valence-corrected chi connectivity index (χ2v) is 5.36. The third-order valence-electron chi connectivity index (χ3n) is 3.64. The monoisotopic (exact) mass is 313 g/mol. The summed E-state index contributed by atoms with van der Waals surface area (Å²) in [4.78, 5) is 22.6. The highest BCUT2D eigenvalue weighted by Gasteiger charge is 2.23. The number of nitrogens with one attached hydrogen (secondary N) is 2. The average molecular weight is 314 g/mol. The predicted octanol–water partition coefficient (Wildman–Crippen LogP) is 2.05. The molecule has 1 aromatic rings. The summed E-state index contributed by atoms with van der Waals surface area (Å²) in [7, 11) is 0. The van der Waals surface area contributed by atoms with Crippen molar-refractivity contribution in [2.45, 2.75) is 26.3 Å². The Hall–Kier alpha value is -1.66. The van der Waals surface area contributed by atoms with Gasteiger partial charge in [0.1, 0.15) is 0 Å². The van der Waals surface area contributed by atoms with Crippen molar-refractivity contribution < 1.29 is 9.72 Å². The topological polar surface area (TPSA) is 84.3 Å². The van der Waals surface area contributed by atoms with Crippen LogP contribution in [0.25, 0.3) is 0 Å². The van der Waals surface area contributed by atoms with E-state index in [1.807, 2.05) is 0 Å². The lowest BCUT2D eigenvalue weighted by molar-refractivity contribution is -0.384. The van der Waals surface area contributed by atoms with Gasteiger partial charge in [0.05, 0.1) is 4.92 Å². The van der Waals surface area contributed by atoms with Gasteiger partial charge in [0, 0.05) is 23.7 Å². The number of carbonyl (C=O) groups excluding carboxylic acids is 1. The molecule has 2 N–H and O–H groups in total. The zero-order chi connectivity index (χ0) is 14.7. The lowest BCUT2D eigenvalue weighted by Gasteiger charge is -2.30. The van der Waals surface area contributed by atoms with E-state index < -0.39 is 4.92 Å². The molecule has 0 saturated carbocycles. The first-order valence-electron chi connectivity index (χ1n) is 6.75. The molecule has 0 aliphatic carbocycles. The van der Waals surface area contributed by atoms with Crippen LogP contribution in [0, 0.1) is 23.0 Å². The van der Waals surface area contributed by atoms with Crippen LogP contribution in [-0.2, 0) is 0 Å². The zero-order valence-electron chi connectivity index (χ0n) is 12.1. The Labute approximate surface area is 129 Å². The molecule has 1 aromatic carbocycles. The molecule has 1 fully saturated rings. The summed E-state index contributed by atoms with van der Waals surface area (Å²) in [5.41, 5.74) is 1.01. The normalized spacial score (nSPS) is 21.2. The van der Waals surface area contributed by atoms with Gasteiger partial charge in [-0.3, -0.25) is 14.9 Å². The fourth-order valence-electron chi connectivity index (χ4n) is 2.48. The summed E-state index contributed by atoms with van der Waals surface area (Å²) >= 11 is 0. The largest absolute Gasteiger partial charge is 0.349 e. The van der Waals surface area contributed by atoms with E-state index in [9.17, 15) is 14.9 Å². The third-order valence-corrected chi connectivity index (χ3v) is 3.64. The van der Waals surface area contributed by atoms with Crippen molar-refractivity contribution in [1.29, 1.82) is 0 Å². The van der Waals surface area contributed by atoms with E-state index in [0.29, 0.717) is 17.0 Å². The summed E-state index contributed by atoms with van der Waals surface area (Å²) in [6, 6.07) is 4.58. The highest BCUT2D eigenvalue weighted by molar-refractivity contribution is 5.95. The molecule has 1 amide bonds. The maximum atomic E-state index is 12.2. The molecule has 2 atom stereocenters. The van der Waals surface area contributed by atoms with Crippen LogP contribution in [0.3, 0.4) is 0 Å². The summed E-state index contributed by atoms with van der Waals surface area (Å²) in [6.45, 7) is 5.58. The van der Waals surface area contributed by atoms with Crippen LogP contribution in [0.2, 0.25) is 0 Å². The van der Waals surface area contributed by atoms with Gasteiger partial charge >= 0.3 is 0 Å². The van der Waals surface area contributed by atoms with Gasteiger partial charge in [-0.05, 0) is 44.0 Å². The zero-order valence-corrected chi connectivity index (χ0v) is 12.9. The maximum Gasteiger partial charge on any atom is 0.270 e. The van der Waals surface area contributed by atoms with Gasteiger partial charge in [0.15, 0.2) is 0 Å². The highest BCUT2D eigenvalue weighted by atomic mass is 35.5. The van der Waals surface area contributed by atoms with Crippen LogP contribution in [0.1, 0.15) is 29.3 Å². The molecule has 2 unspecified atom stereocenters. The van der Waals surface area contributed by atoms with Crippen LogP contribution in [-0.4, -0.2) is 30.0 Å². The van der Waals surface area contributed by atoms with E-state index in [4.69, 9.17) is 0 Å². The van der Waals surface area contributed by atoms with Gasteiger partial charge in [-0.25, -0.2) is 0 Å². The Kier molecular flexibility index (Phi) is 6.11. The van der Waals surface area contributed by atoms with Crippen LogP contribution in [0.15, 0.2) is 18.2 Å². The van der Waals surface area contributed by atoms with Crippen LogP contribution in [0.4, 0.5) is 5.69 Å². The van der Waals surface area contributed by atoms with E-state index in [0.717, 1.165) is 19.5 Å². The summed E-state index contributed by atoms with van der Waals surface area (Å²) in [5, 5.41) is 17.1. The first kappa shape index (κ1) is 17.4. The Morgan fingerprint density at radius 2 is 2.14 bits per heavy atom. The lowest BCUT2D eigenvalue weighted by atomic mass is 9.95. The minimum atomic E-state index is -0.475. The molecule has 0 aromatic heterocycles. The smallest absolute Gasteiger partial charge is 0.270 e. The van der Waals surface area contributed by atoms with Gasteiger partial charge in [-0.1, -0.05) is 6.92 Å². The van der Waals surface area contributed by atoms with Crippen molar-refractivity contribution in [3.8, 4) is 0 Å². The number of hydrogen-bond donors (Lipinski definition) is 2. The van der Waals surface area contributed by atoms with Crippen molar-refractivity contribution in [3.05, 3.63) is 39.4 Å². The Morgan fingerprint density at radius 1 is 1.43 bits per heavy atom. The first-order valence-corrected chi connectivity index (χ1v) is 6.75. The van der Waals surface area contributed by atoms with E-state index >= 15 is 0 Å². The van der Waals surface area contributed by atoms with Gasteiger partial charge in [-0.2, -0.15) is 0 Å². The number of rotatable bonds is 3. The molecule has 0 spiro atoms. The van der Waals surface area contributed by atoms with E-state index in [1.165, 1.54) is 12.1 Å². The van der Waals surface area contributed by atoms with Crippen molar-refractivity contribution in [1.82, 2.24) is 10.6 Å². The number of amides is 1. The van der Waals surface area contributed by atoms with Gasteiger partial charge in [0.2, 0.25) is 0 Å². The molecular weight excluding hydrogens is 294 g/mol. The minimum Gasteiger partial charge on any atom is -0.349 e. The lowest BCUT2D eigenvalue weighted by Crippen LogP contribution is -2.48. The number of nitrogens with zero attached hydrogens (tertiary/aromatic N) is 1. The molecule has 6 nitrogen and oxygen atoms in total. The number of halogens is 1. The molecule has 0 radical (unpaired) electrons. The Bertz CT molecular complexity index is 536. The third kappa shape index (κ3) is 4.41. The molecule has 116 valence electrons. The highest BCUT2D eigenvalue weighted by Crippen LogP contribution is 2.18. The summed E-state index contributed by atoms with van der Waals surface area (Å²) in [6.07, 6.45) is 0.876. The minimum absolute atomic E-state index is 0. The number of nitro benzene ring substituents is 1. The number of benzene rings is 1. The number of carbonyl (C=O) groups is 1. The number of hydrogen-bond acceptors (Lipinski definition) is 4. The Balaban J connectivity index is 0.00000220. The number of aryl methyl sites for hydroxylation is 1. The standard InChI is InChI=1S/C14H19N3O3.ClH/c1-9-5-11(7-12(6-9)17(19)20)14(18)16-13-3-4-15-8-10(13)2;/h5-7,10,13,15H,3-4,8H2,1-2H3,(H,16,18);1H. The second kappa shape index (κ2) is 7.38. The molecule has 0 bridgehead atoms. The average Bonchev–Trinajstić information content (AvgIpc) is 2.40. The molecular formula is C14H20ClN3O3. The van der Waals surface area contributed by atoms with Crippen LogP contribution < -0.4 is 10.6 Å². The van der Waals surface area contributed by atoms with Crippen molar-refractivity contribution >= 4 is 24.0 Å². The van der Waals surface area contributed by atoms with Crippen molar-refractivity contribution in [3.63, 3.8) is 0 Å². The number of nitro groups is 1. The van der Waals surface area contributed by atoms with E-state index in [2.05, 4.69) is 17.6 Å². The van der Waals surface area contributed by atoms with Gasteiger partial charge in [-0.15, -0.1) is 12.4 Å². The number of piperidine rings is 1. The molecule has 2 rings (SSSR count). The molecule has 7 heteroatoms. The molecule has 1 aliphatic heterocycles. The summed E-state index contributed by atoms with van der Waals surface area (Å²) in [5.74, 6) is 0.114. The van der Waals surface area contributed by atoms with E-state index in [1.54, 1.807) is 13.0 Å². The van der Waals surface area contributed by atoms with E-state index in [-0.39, 0.29) is 30.0 Å². The van der Waals surface area contributed by atoms with Crippen molar-refractivity contribution in [2.75, 3.05) is 13.1 Å². The first-order chi connectivity index (χ1) is 9.47. The number of non-ortho nitro benzene ring substituents is 1. The van der Waals surface area contributed by atoms with Crippen molar-refractivity contribution in [2.24, 2.45) is 5.92 Å². The van der Waals surface area contributed by atoms with Crippen LogP contribution in [0.5, 0.6) is 0 Å². The fraction of sp³-hybridized carbons (Fsp3) is 0.500. The SMILES string of the molecule is Cc1cc(C(=O)NC2CCNCC2C)cc([N+](=O)[O-])c1.Cl. The Morgan fingerprint density at radius 3 is 2.76 bits per heavy atom. The molecule has 21 heavy (non-hydrogen) atoms.